The number of sulfonamides is 1. The van der Waals surface area contributed by atoms with E-state index in [4.69, 9.17) is 4.42 Å². The van der Waals surface area contributed by atoms with Crippen molar-refractivity contribution in [2.45, 2.75) is 31.2 Å². The number of thioether (sulfide) groups is 1. The zero-order chi connectivity index (χ0) is 14.3. The highest BCUT2D eigenvalue weighted by Gasteiger charge is 2.20. The molecule has 1 aromatic rings. The zero-order valence-electron chi connectivity index (χ0n) is 11.7. The van der Waals surface area contributed by atoms with Gasteiger partial charge in [-0.3, -0.25) is 0 Å². The van der Waals surface area contributed by atoms with Crippen LogP contribution in [0.1, 0.15) is 24.4 Å². The number of furan rings is 1. The van der Waals surface area contributed by atoms with Gasteiger partial charge in [0.1, 0.15) is 16.4 Å². The Morgan fingerprint density at radius 2 is 2.11 bits per heavy atom. The van der Waals surface area contributed by atoms with Gasteiger partial charge >= 0.3 is 0 Å². The first-order valence-corrected chi connectivity index (χ1v) is 9.11. The molecule has 0 aliphatic carbocycles. The summed E-state index contributed by atoms with van der Waals surface area (Å²) in [7, 11) is -1.67. The average Bonchev–Trinajstić information content (AvgIpc) is 2.71. The second-order valence-electron chi connectivity index (χ2n) is 4.26. The van der Waals surface area contributed by atoms with Crippen LogP contribution in [0.5, 0.6) is 0 Å². The highest BCUT2D eigenvalue weighted by molar-refractivity contribution is 7.98. The van der Waals surface area contributed by atoms with Crippen molar-refractivity contribution in [1.29, 1.82) is 0 Å². The molecule has 1 aromatic heterocycles. The van der Waals surface area contributed by atoms with E-state index >= 15 is 0 Å². The molecule has 0 aliphatic heterocycles. The number of nitrogens with one attached hydrogen (secondary N) is 2. The SMILES string of the molecule is CNCc1cc(S(=O)(=O)NCCCCSC)c(C)o1. The Morgan fingerprint density at radius 1 is 1.37 bits per heavy atom. The Hall–Kier alpha value is -0.500. The van der Waals surface area contributed by atoms with Gasteiger partial charge in [-0.15, -0.1) is 0 Å². The fourth-order valence-corrected chi connectivity index (χ4v) is 3.48. The van der Waals surface area contributed by atoms with Crippen LogP contribution >= 0.6 is 11.8 Å². The Bertz CT molecular complexity index is 483. The summed E-state index contributed by atoms with van der Waals surface area (Å²) in [5.74, 6) is 2.11. The van der Waals surface area contributed by atoms with Gasteiger partial charge in [0.15, 0.2) is 0 Å². The molecule has 0 fully saturated rings. The molecule has 1 heterocycles. The third-order valence-electron chi connectivity index (χ3n) is 2.63. The number of unbranched alkanes of at least 4 members (excludes halogenated alkanes) is 1. The van der Waals surface area contributed by atoms with Crippen LogP contribution in [0.15, 0.2) is 15.4 Å². The van der Waals surface area contributed by atoms with Crippen molar-refractivity contribution in [3.8, 4) is 0 Å². The van der Waals surface area contributed by atoms with E-state index < -0.39 is 10.0 Å². The van der Waals surface area contributed by atoms with E-state index in [1.165, 1.54) is 0 Å². The summed E-state index contributed by atoms with van der Waals surface area (Å²) in [6, 6.07) is 1.58. The van der Waals surface area contributed by atoms with Gasteiger partial charge in [0.2, 0.25) is 10.0 Å². The van der Waals surface area contributed by atoms with Crippen molar-refractivity contribution >= 4 is 21.8 Å². The minimum Gasteiger partial charge on any atom is -0.464 e. The summed E-state index contributed by atoms with van der Waals surface area (Å²) in [5.41, 5.74) is 0. The Morgan fingerprint density at radius 3 is 2.74 bits per heavy atom. The zero-order valence-corrected chi connectivity index (χ0v) is 13.3. The van der Waals surface area contributed by atoms with Gasteiger partial charge in [0.05, 0.1) is 6.54 Å². The number of hydrogen-bond donors (Lipinski definition) is 2. The summed E-state index contributed by atoms with van der Waals surface area (Å²) < 4.78 is 32.2. The lowest BCUT2D eigenvalue weighted by Crippen LogP contribution is -2.25. The van der Waals surface area contributed by atoms with E-state index in [2.05, 4.69) is 10.0 Å². The van der Waals surface area contributed by atoms with E-state index in [0.717, 1.165) is 18.6 Å². The van der Waals surface area contributed by atoms with Gasteiger partial charge in [-0.05, 0) is 38.8 Å². The van der Waals surface area contributed by atoms with Gasteiger partial charge in [-0.1, -0.05) is 0 Å². The minimum atomic E-state index is -3.45. The molecule has 0 bridgehead atoms. The lowest BCUT2D eigenvalue weighted by atomic mass is 10.3. The van der Waals surface area contributed by atoms with Crippen molar-refractivity contribution < 1.29 is 12.8 Å². The predicted molar refractivity (Wildman–Crippen MR) is 79.0 cm³/mol. The standard InChI is InChI=1S/C12H22N2O3S2/c1-10-12(8-11(17-10)9-13-2)19(15,16)14-6-4-5-7-18-3/h8,13-14H,4-7,9H2,1-3H3. The number of rotatable bonds is 9. The highest BCUT2D eigenvalue weighted by atomic mass is 32.2. The topological polar surface area (TPSA) is 71.3 Å². The third kappa shape index (κ3) is 5.18. The van der Waals surface area contributed by atoms with Gasteiger partial charge < -0.3 is 9.73 Å². The first kappa shape index (κ1) is 16.6. The van der Waals surface area contributed by atoms with Crippen LogP contribution in [-0.2, 0) is 16.6 Å². The van der Waals surface area contributed by atoms with Crippen molar-refractivity contribution in [2.24, 2.45) is 0 Å². The molecule has 0 atom stereocenters. The molecule has 7 heteroatoms. The largest absolute Gasteiger partial charge is 0.464 e. The second-order valence-corrected chi connectivity index (χ2v) is 6.98. The van der Waals surface area contributed by atoms with E-state index in [-0.39, 0.29) is 4.90 Å². The Labute approximate surface area is 119 Å². The van der Waals surface area contributed by atoms with E-state index in [1.807, 2.05) is 6.26 Å². The molecule has 0 saturated heterocycles. The first-order chi connectivity index (χ1) is 9.01. The smallest absolute Gasteiger partial charge is 0.244 e. The van der Waals surface area contributed by atoms with Crippen LogP contribution in [0.2, 0.25) is 0 Å². The first-order valence-electron chi connectivity index (χ1n) is 6.23. The summed E-state index contributed by atoms with van der Waals surface area (Å²) in [6.45, 7) is 2.65. The van der Waals surface area contributed by atoms with Gasteiger partial charge in [-0.2, -0.15) is 11.8 Å². The maximum Gasteiger partial charge on any atom is 0.244 e. The average molecular weight is 306 g/mol. The molecule has 0 spiro atoms. The molecule has 19 heavy (non-hydrogen) atoms. The molecule has 2 N–H and O–H groups in total. The fourth-order valence-electron chi connectivity index (χ4n) is 1.71. The second kappa shape index (κ2) is 7.94. The summed E-state index contributed by atoms with van der Waals surface area (Å²) >= 11 is 1.77. The van der Waals surface area contributed by atoms with Crippen molar-refractivity contribution in [3.05, 3.63) is 17.6 Å². The van der Waals surface area contributed by atoms with E-state index in [9.17, 15) is 8.42 Å². The minimum absolute atomic E-state index is 0.239. The maximum absolute atomic E-state index is 12.1. The van der Waals surface area contributed by atoms with Crippen LogP contribution in [0.3, 0.4) is 0 Å². The molecule has 0 unspecified atom stereocenters. The molecular formula is C12H22N2O3S2. The van der Waals surface area contributed by atoms with Crippen LogP contribution in [-0.4, -0.2) is 34.0 Å². The predicted octanol–water partition coefficient (Wildman–Crippen LogP) is 1.73. The molecule has 5 nitrogen and oxygen atoms in total. The molecule has 0 amide bonds. The van der Waals surface area contributed by atoms with Gasteiger partial charge in [-0.25, -0.2) is 13.1 Å². The number of aryl methyl sites for hydroxylation is 1. The van der Waals surface area contributed by atoms with E-state index in [1.54, 1.807) is 31.8 Å². The normalized spacial score (nSPS) is 11.9. The van der Waals surface area contributed by atoms with Gasteiger partial charge in [0, 0.05) is 12.6 Å². The summed E-state index contributed by atoms with van der Waals surface area (Å²) in [4.78, 5) is 0.239. The van der Waals surface area contributed by atoms with Crippen LogP contribution in [0.25, 0.3) is 0 Å². The van der Waals surface area contributed by atoms with Crippen LogP contribution in [0.4, 0.5) is 0 Å². The maximum atomic E-state index is 12.1. The molecule has 110 valence electrons. The molecular weight excluding hydrogens is 284 g/mol. The molecule has 0 saturated carbocycles. The van der Waals surface area contributed by atoms with Crippen molar-refractivity contribution in [1.82, 2.24) is 10.0 Å². The monoisotopic (exact) mass is 306 g/mol. The van der Waals surface area contributed by atoms with E-state index in [0.29, 0.717) is 24.6 Å². The highest BCUT2D eigenvalue weighted by Crippen LogP contribution is 2.19. The van der Waals surface area contributed by atoms with Crippen molar-refractivity contribution in [2.75, 3.05) is 25.6 Å². The molecule has 1 rings (SSSR count). The van der Waals surface area contributed by atoms with Crippen LogP contribution in [0, 0.1) is 6.92 Å². The Kier molecular flexibility index (Phi) is 6.92. The Balaban J connectivity index is 2.61. The lowest BCUT2D eigenvalue weighted by molar-refractivity contribution is 0.465. The quantitative estimate of drug-likeness (QED) is 0.680. The van der Waals surface area contributed by atoms with Gasteiger partial charge in [0.25, 0.3) is 0 Å². The lowest BCUT2D eigenvalue weighted by Gasteiger charge is -2.04. The third-order valence-corrected chi connectivity index (χ3v) is 4.90. The fraction of sp³-hybridized carbons (Fsp3) is 0.667. The summed E-state index contributed by atoms with van der Waals surface area (Å²) in [5, 5.41) is 2.93. The molecule has 0 aliphatic rings. The van der Waals surface area contributed by atoms with Crippen LogP contribution < -0.4 is 10.0 Å². The molecule has 0 aromatic carbocycles. The summed E-state index contributed by atoms with van der Waals surface area (Å²) in [6.07, 6.45) is 3.90. The van der Waals surface area contributed by atoms with Crippen molar-refractivity contribution in [3.63, 3.8) is 0 Å². The molecule has 0 radical (unpaired) electrons. The number of hydrogen-bond acceptors (Lipinski definition) is 5.